The lowest BCUT2D eigenvalue weighted by Crippen LogP contribution is -2.34. The van der Waals surface area contributed by atoms with Gasteiger partial charge in [0.05, 0.1) is 0 Å². The molecule has 98 valence electrons. The van der Waals surface area contributed by atoms with Crippen molar-refractivity contribution in [1.29, 1.82) is 0 Å². The number of hydrogen-bond donors (Lipinski definition) is 1. The van der Waals surface area contributed by atoms with Gasteiger partial charge in [-0.3, -0.25) is 4.79 Å². The van der Waals surface area contributed by atoms with Crippen LogP contribution in [0.2, 0.25) is 0 Å². The lowest BCUT2D eigenvalue weighted by Gasteiger charge is -2.29. The van der Waals surface area contributed by atoms with E-state index in [9.17, 15) is 9.18 Å². The molecule has 4 heteroatoms. The standard InChI is InChI=1S/C14H19FN2O/c1-17-8-2-3-11(10-17)9-14(18)16-13-6-4-12(15)5-7-13/h4-7,11H,2-3,8-10H2,1H3,(H,16,18). The van der Waals surface area contributed by atoms with Gasteiger partial charge >= 0.3 is 0 Å². The Bertz CT molecular complexity index is 405. The maximum Gasteiger partial charge on any atom is 0.224 e. The van der Waals surface area contributed by atoms with E-state index in [1.54, 1.807) is 12.1 Å². The molecule has 1 aliphatic heterocycles. The third-order valence-electron chi connectivity index (χ3n) is 3.32. The average Bonchev–Trinajstić information content (AvgIpc) is 2.32. The summed E-state index contributed by atoms with van der Waals surface area (Å²) >= 11 is 0. The number of rotatable bonds is 3. The second kappa shape index (κ2) is 5.96. The fourth-order valence-corrected chi connectivity index (χ4v) is 2.45. The molecule has 2 rings (SSSR count). The quantitative estimate of drug-likeness (QED) is 0.894. The average molecular weight is 250 g/mol. The minimum absolute atomic E-state index is 0.0157. The largest absolute Gasteiger partial charge is 0.326 e. The van der Waals surface area contributed by atoms with Gasteiger partial charge in [0.25, 0.3) is 0 Å². The Balaban J connectivity index is 1.83. The van der Waals surface area contributed by atoms with Crippen molar-refractivity contribution in [3.63, 3.8) is 0 Å². The van der Waals surface area contributed by atoms with Gasteiger partial charge in [0, 0.05) is 18.7 Å². The van der Waals surface area contributed by atoms with Gasteiger partial charge in [0.2, 0.25) is 5.91 Å². The van der Waals surface area contributed by atoms with Crippen LogP contribution in [0.4, 0.5) is 10.1 Å². The van der Waals surface area contributed by atoms with Crippen molar-refractivity contribution >= 4 is 11.6 Å². The highest BCUT2D eigenvalue weighted by atomic mass is 19.1. The normalized spacial score (nSPS) is 20.7. The van der Waals surface area contributed by atoms with Crippen molar-refractivity contribution < 1.29 is 9.18 Å². The molecule has 1 aromatic rings. The molecular weight excluding hydrogens is 231 g/mol. The molecule has 0 aliphatic carbocycles. The van der Waals surface area contributed by atoms with Crippen LogP contribution in [0.1, 0.15) is 19.3 Å². The zero-order valence-electron chi connectivity index (χ0n) is 10.7. The number of carbonyl (C=O) groups is 1. The number of amides is 1. The lowest BCUT2D eigenvalue weighted by atomic mass is 9.95. The molecular formula is C14H19FN2O. The highest BCUT2D eigenvalue weighted by molar-refractivity contribution is 5.90. The lowest BCUT2D eigenvalue weighted by molar-refractivity contribution is -0.117. The Labute approximate surface area is 107 Å². The first-order chi connectivity index (χ1) is 8.63. The van der Waals surface area contributed by atoms with Crippen molar-refractivity contribution in [2.24, 2.45) is 5.92 Å². The number of benzene rings is 1. The number of nitrogens with one attached hydrogen (secondary N) is 1. The number of anilines is 1. The first-order valence-electron chi connectivity index (χ1n) is 6.37. The van der Waals surface area contributed by atoms with E-state index in [0.29, 0.717) is 18.0 Å². The molecule has 1 amide bonds. The summed E-state index contributed by atoms with van der Waals surface area (Å²) in [7, 11) is 2.09. The van der Waals surface area contributed by atoms with Gasteiger partial charge in [-0.15, -0.1) is 0 Å². The van der Waals surface area contributed by atoms with Gasteiger partial charge in [0.1, 0.15) is 5.82 Å². The van der Waals surface area contributed by atoms with Gasteiger partial charge in [-0.25, -0.2) is 4.39 Å². The third kappa shape index (κ3) is 3.81. The minimum Gasteiger partial charge on any atom is -0.326 e. The summed E-state index contributed by atoms with van der Waals surface area (Å²) in [6.45, 7) is 2.10. The molecule has 1 unspecified atom stereocenters. The molecule has 0 radical (unpaired) electrons. The molecule has 0 spiro atoms. The Morgan fingerprint density at radius 1 is 1.44 bits per heavy atom. The van der Waals surface area contributed by atoms with Gasteiger partial charge in [-0.1, -0.05) is 0 Å². The number of piperidine rings is 1. The summed E-state index contributed by atoms with van der Waals surface area (Å²) in [6.07, 6.45) is 2.81. The topological polar surface area (TPSA) is 32.3 Å². The van der Waals surface area contributed by atoms with Crippen LogP contribution in [0.5, 0.6) is 0 Å². The van der Waals surface area contributed by atoms with E-state index in [4.69, 9.17) is 0 Å². The molecule has 18 heavy (non-hydrogen) atoms. The smallest absolute Gasteiger partial charge is 0.224 e. The molecule has 1 aromatic carbocycles. The highest BCUT2D eigenvalue weighted by Crippen LogP contribution is 2.19. The molecule has 1 aliphatic rings. The highest BCUT2D eigenvalue weighted by Gasteiger charge is 2.19. The SMILES string of the molecule is CN1CCCC(CC(=O)Nc2ccc(F)cc2)C1. The Morgan fingerprint density at radius 2 is 2.17 bits per heavy atom. The van der Waals surface area contributed by atoms with E-state index < -0.39 is 0 Å². The molecule has 1 atom stereocenters. The van der Waals surface area contributed by atoms with E-state index in [1.807, 2.05) is 0 Å². The molecule has 0 bridgehead atoms. The van der Waals surface area contributed by atoms with Crippen LogP contribution in [-0.2, 0) is 4.79 Å². The maximum atomic E-state index is 12.7. The van der Waals surface area contributed by atoms with Crippen LogP contribution in [0.3, 0.4) is 0 Å². The molecule has 3 nitrogen and oxygen atoms in total. The predicted molar refractivity (Wildman–Crippen MR) is 69.9 cm³/mol. The van der Waals surface area contributed by atoms with E-state index in [2.05, 4.69) is 17.3 Å². The summed E-state index contributed by atoms with van der Waals surface area (Å²) in [5.74, 6) is 0.160. The first-order valence-corrected chi connectivity index (χ1v) is 6.37. The summed E-state index contributed by atoms with van der Waals surface area (Å²) in [6, 6.07) is 5.87. The second-order valence-electron chi connectivity index (χ2n) is 5.03. The van der Waals surface area contributed by atoms with Crippen molar-refractivity contribution in [2.75, 3.05) is 25.5 Å². The second-order valence-corrected chi connectivity index (χ2v) is 5.03. The van der Waals surface area contributed by atoms with Crippen molar-refractivity contribution in [2.45, 2.75) is 19.3 Å². The number of carbonyl (C=O) groups excluding carboxylic acids is 1. The summed E-state index contributed by atoms with van der Waals surface area (Å²) in [4.78, 5) is 14.1. The summed E-state index contributed by atoms with van der Waals surface area (Å²) in [5, 5.41) is 2.81. The Morgan fingerprint density at radius 3 is 2.83 bits per heavy atom. The molecule has 1 heterocycles. The summed E-state index contributed by atoms with van der Waals surface area (Å²) < 4.78 is 12.7. The molecule has 1 N–H and O–H groups in total. The molecule has 0 saturated carbocycles. The van der Waals surface area contributed by atoms with E-state index in [0.717, 1.165) is 25.9 Å². The predicted octanol–water partition coefficient (Wildman–Crippen LogP) is 2.50. The van der Waals surface area contributed by atoms with Crippen molar-refractivity contribution in [3.8, 4) is 0 Å². The molecule has 1 fully saturated rings. The number of hydrogen-bond acceptors (Lipinski definition) is 2. The van der Waals surface area contributed by atoms with E-state index >= 15 is 0 Å². The van der Waals surface area contributed by atoms with Crippen LogP contribution in [0.25, 0.3) is 0 Å². The molecule has 1 saturated heterocycles. The number of nitrogens with zero attached hydrogens (tertiary/aromatic N) is 1. The van der Waals surface area contributed by atoms with Crippen molar-refractivity contribution in [1.82, 2.24) is 4.90 Å². The number of likely N-dealkylation sites (tertiary alicyclic amines) is 1. The first kappa shape index (κ1) is 13.0. The van der Waals surface area contributed by atoms with E-state index in [-0.39, 0.29) is 11.7 Å². The van der Waals surface area contributed by atoms with Crippen LogP contribution in [0, 0.1) is 11.7 Å². The van der Waals surface area contributed by atoms with Gasteiger partial charge < -0.3 is 10.2 Å². The fourth-order valence-electron chi connectivity index (χ4n) is 2.45. The van der Waals surface area contributed by atoms with Gasteiger partial charge in [0.15, 0.2) is 0 Å². The van der Waals surface area contributed by atoms with Crippen LogP contribution in [0.15, 0.2) is 24.3 Å². The van der Waals surface area contributed by atoms with Crippen LogP contribution < -0.4 is 5.32 Å². The summed E-state index contributed by atoms with van der Waals surface area (Å²) in [5.41, 5.74) is 0.658. The van der Waals surface area contributed by atoms with Crippen LogP contribution in [-0.4, -0.2) is 30.9 Å². The fraction of sp³-hybridized carbons (Fsp3) is 0.500. The Hall–Kier alpha value is -1.42. The monoisotopic (exact) mass is 250 g/mol. The van der Waals surface area contributed by atoms with Crippen LogP contribution >= 0.6 is 0 Å². The minimum atomic E-state index is -0.290. The van der Waals surface area contributed by atoms with E-state index in [1.165, 1.54) is 12.1 Å². The molecule has 0 aromatic heterocycles. The zero-order valence-corrected chi connectivity index (χ0v) is 10.7. The van der Waals surface area contributed by atoms with Gasteiger partial charge in [-0.2, -0.15) is 0 Å². The zero-order chi connectivity index (χ0) is 13.0. The van der Waals surface area contributed by atoms with Gasteiger partial charge in [-0.05, 0) is 56.6 Å². The maximum absolute atomic E-state index is 12.7. The number of halogens is 1. The third-order valence-corrected chi connectivity index (χ3v) is 3.32. The van der Waals surface area contributed by atoms with Crippen molar-refractivity contribution in [3.05, 3.63) is 30.1 Å². The Kier molecular flexibility index (Phi) is 4.31.